The second kappa shape index (κ2) is 7.96. The van der Waals surface area contributed by atoms with E-state index in [-0.39, 0.29) is 23.3 Å². The Morgan fingerprint density at radius 2 is 1.82 bits per heavy atom. The van der Waals surface area contributed by atoms with Crippen molar-refractivity contribution in [2.45, 2.75) is 45.1 Å². The number of nitrogens with one attached hydrogen (secondary N) is 1. The fourth-order valence-corrected chi connectivity index (χ4v) is 4.10. The largest absolute Gasteiger partial charge is 0.507 e. The second-order valence-corrected chi connectivity index (χ2v) is 8.69. The van der Waals surface area contributed by atoms with E-state index < -0.39 is 0 Å². The van der Waals surface area contributed by atoms with Gasteiger partial charge in [0.25, 0.3) is 0 Å². The number of likely N-dealkylation sites (N-methyl/N-ethyl adjacent to an activating group) is 1. The number of nitrogens with zero attached hydrogens (tertiary/aromatic N) is 1. The van der Waals surface area contributed by atoms with E-state index in [1.807, 2.05) is 58.3 Å². The minimum absolute atomic E-state index is 0.0376. The van der Waals surface area contributed by atoms with Crippen LogP contribution in [0.25, 0.3) is 0 Å². The van der Waals surface area contributed by atoms with Gasteiger partial charge < -0.3 is 15.3 Å². The first kappa shape index (κ1) is 20.4. The summed E-state index contributed by atoms with van der Waals surface area (Å²) in [5.41, 5.74) is 4.18. The quantitative estimate of drug-likeness (QED) is 0.772. The molecular formula is C24H32N2O2. The predicted octanol–water partition coefficient (Wildman–Crippen LogP) is 3.58. The van der Waals surface area contributed by atoms with E-state index in [1.165, 1.54) is 11.1 Å². The zero-order valence-electron chi connectivity index (χ0n) is 17.6. The molecule has 0 heterocycles. The average Bonchev–Trinajstić information content (AvgIpc) is 3.36. The van der Waals surface area contributed by atoms with Crippen LogP contribution in [0.3, 0.4) is 0 Å². The summed E-state index contributed by atoms with van der Waals surface area (Å²) in [4.78, 5) is 14.9. The summed E-state index contributed by atoms with van der Waals surface area (Å²) in [6, 6.07) is 14.6. The maximum absolute atomic E-state index is 12.8. The second-order valence-electron chi connectivity index (χ2n) is 8.69. The SMILES string of the molecule is Cc1cc(C[C@@H](CNC(=O)[C@@H]2C[C@]2(C)c2ccccc2)N(C)C)cc(C)c1O. The van der Waals surface area contributed by atoms with Gasteiger partial charge in [-0.1, -0.05) is 49.4 Å². The molecular weight excluding hydrogens is 348 g/mol. The van der Waals surface area contributed by atoms with Gasteiger partial charge in [0, 0.05) is 23.9 Å². The Balaban J connectivity index is 1.61. The smallest absolute Gasteiger partial charge is 0.224 e. The summed E-state index contributed by atoms with van der Waals surface area (Å²) >= 11 is 0. The van der Waals surface area contributed by atoms with Gasteiger partial charge in [-0.3, -0.25) is 4.79 Å². The van der Waals surface area contributed by atoms with Crippen molar-refractivity contribution in [2.24, 2.45) is 5.92 Å². The van der Waals surface area contributed by atoms with E-state index in [0.717, 1.165) is 24.0 Å². The molecule has 3 rings (SSSR count). The van der Waals surface area contributed by atoms with Crippen LogP contribution in [0.1, 0.15) is 35.6 Å². The van der Waals surface area contributed by atoms with Crippen molar-refractivity contribution in [1.82, 2.24) is 10.2 Å². The van der Waals surface area contributed by atoms with Crippen molar-refractivity contribution < 1.29 is 9.90 Å². The number of amides is 1. The van der Waals surface area contributed by atoms with Crippen molar-refractivity contribution in [3.8, 4) is 5.75 Å². The van der Waals surface area contributed by atoms with E-state index >= 15 is 0 Å². The number of carbonyl (C=O) groups excluding carboxylic acids is 1. The molecule has 0 aromatic heterocycles. The zero-order chi connectivity index (χ0) is 20.5. The summed E-state index contributed by atoms with van der Waals surface area (Å²) in [5.74, 6) is 0.569. The molecule has 3 atom stereocenters. The standard InChI is InChI=1S/C24H32N2O2/c1-16-11-18(12-17(2)22(16)27)13-20(26(4)5)15-25-23(28)21-14-24(21,3)19-9-7-6-8-10-19/h6-12,20-21,27H,13-15H2,1-5H3,(H,25,28)/t20-,21-,24+/m0/s1. The summed E-state index contributed by atoms with van der Waals surface area (Å²) in [7, 11) is 4.09. The minimum atomic E-state index is -0.0376. The molecule has 1 aliphatic carbocycles. The van der Waals surface area contributed by atoms with Gasteiger partial charge >= 0.3 is 0 Å². The molecule has 28 heavy (non-hydrogen) atoms. The Morgan fingerprint density at radius 1 is 1.21 bits per heavy atom. The molecule has 2 N–H and O–H groups in total. The monoisotopic (exact) mass is 380 g/mol. The van der Waals surface area contributed by atoms with Crippen LogP contribution in [0, 0.1) is 19.8 Å². The highest BCUT2D eigenvalue weighted by Crippen LogP contribution is 2.53. The molecule has 4 heteroatoms. The highest BCUT2D eigenvalue weighted by molar-refractivity contribution is 5.84. The molecule has 2 aromatic rings. The Morgan fingerprint density at radius 3 is 2.39 bits per heavy atom. The van der Waals surface area contributed by atoms with Crippen LogP contribution in [0.5, 0.6) is 5.75 Å². The molecule has 0 unspecified atom stereocenters. The van der Waals surface area contributed by atoms with Gasteiger partial charge in [0.05, 0.1) is 0 Å². The summed E-state index contributed by atoms with van der Waals surface area (Å²) in [5, 5.41) is 13.2. The Kier molecular flexibility index (Phi) is 5.80. The van der Waals surface area contributed by atoms with Gasteiger partial charge in [-0.2, -0.15) is 0 Å². The lowest BCUT2D eigenvalue weighted by molar-refractivity contribution is -0.122. The first-order chi connectivity index (χ1) is 13.2. The van der Waals surface area contributed by atoms with Gasteiger partial charge in [0.1, 0.15) is 5.75 Å². The minimum Gasteiger partial charge on any atom is -0.507 e. The predicted molar refractivity (Wildman–Crippen MR) is 114 cm³/mol. The molecule has 0 saturated heterocycles. The molecule has 1 fully saturated rings. The molecule has 1 saturated carbocycles. The van der Waals surface area contributed by atoms with Crippen molar-refractivity contribution in [1.29, 1.82) is 0 Å². The topological polar surface area (TPSA) is 52.6 Å². The van der Waals surface area contributed by atoms with Crippen molar-refractivity contribution in [2.75, 3.05) is 20.6 Å². The molecule has 0 spiro atoms. The van der Waals surface area contributed by atoms with Gasteiger partial charge in [-0.25, -0.2) is 0 Å². The van der Waals surface area contributed by atoms with Crippen LogP contribution < -0.4 is 5.32 Å². The van der Waals surface area contributed by atoms with E-state index in [4.69, 9.17) is 0 Å². The van der Waals surface area contributed by atoms with Gasteiger partial charge in [-0.15, -0.1) is 0 Å². The van der Waals surface area contributed by atoms with Crippen LogP contribution in [0.15, 0.2) is 42.5 Å². The number of phenolic OH excluding ortho intramolecular Hbond substituents is 1. The maximum atomic E-state index is 12.8. The molecule has 0 radical (unpaired) electrons. The lowest BCUT2D eigenvalue weighted by atomic mass is 9.95. The number of aryl methyl sites for hydroxylation is 2. The van der Waals surface area contributed by atoms with Crippen LogP contribution in [0.2, 0.25) is 0 Å². The summed E-state index contributed by atoms with van der Waals surface area (Å²) < 4.78 is 0. The molecule has 1 aliphatic rings. The van der Waals surface area contributed by atoms with E-state index in [9.17, 15) is 9.90 Å². The zero-order valence-corrected chi connectivity index (χ0v) is 17.6. The number of rotatable bonds is 7. The Hall–Kier alpha value is -2.33. The van der Waals surface area contributed by atoms with Crippen LogP contribution in [-0.4, -0.2) is 42.6 Å². The van der Waals surface area contributed by atoms with Crippen molar-refractivity contribution >= 4 is 5.91 Å². The summed E-state index contributed by atoms with van der Waals surface area (Å²) in [6.45, 7) is 6.65. The first-order valence-corrected chi connectivity index (χ1v) is 10.0. The number of aromatic hydroxyl groups is 1. The number of carbonyl (C=O) groups is 1. The first-order valence-electron chi connectivity index (χ1n) is 10.0. The maximum Gasteiger partial charge on any atom is 0.224 e. The van der Waals surface area contributed by atoms with Gasteiger partial charge in [-0.05, 0) is 63.0 Å². The highest BCUT2D eigenvalue weighted by Gasteiger charge is 2.55. The lowest BCUT2D eigenvalue weighted by Gasteiger charge is -2.25. The lowest BCUT2D eigenvalue weighted by Crippen LogP contribution is -2.42. The third-order valence-corrected chi connectivity index (χ3v) is 6.25. The Bertz CT molecular complexity index is 824. The van der Waals surface area contributed by atoms with Gasteiger partial charge in [0.15, 0.2) is 0 Å². The number of hydrogen-bond acceptors (Lipinski definition) is 3. The Labute approximate surface area is 168 Å². The van der Waals surface area contributed by atoms with Gasteiger partial charge in [0.2, 0.25) is 5.91 Å². The highest BCUT2D eigenvalue weighted by atomic mass is 16.3. The molecule has 2 aromatic carbocycles. The third-order valence-electron chi connectivity index (χ3n) is 6.25. The van der Waals surface area contributed by atoms with E-state index in [1.54, 1.807) is 0 Å². The van der Waals surface area contributed by atoms with Crippen LogP contribution in [-0.2, 0) is 16.6 Å². The average molecular weight is 381 g/mol. The molecule has 4 nitrogen and oxygen atoms in total. The van der Waals surface area contributed by atoms with E-state index in [0.29, 0.717) is 12.3 Å². The normalized spacial score (nSPS) is 22.1. The summed E-state index contributed by atoms with van der Waals surface area (Å²) in [6.07, 6.45) is 1.74. The number of benzene rings is 2. The molecule has 0 aliphatic heterocycles. The van der Waals surface area contributed by atoms with Crippen LogP contribution in [0.4, 0.5) is 0 Å². The molecule has 1 amide bonds. The third kappa shape index (κ3) is 4.22. The molecule has 0 bridgehead atoms. The van der Waals surface area contributed by atoms with Crippen molar-refractivity contribution in [3.63, 3.8) is 0 Å². The molecule has 150 valence electrons. The van der Waals surface area contributed by atoms with E-state index in [2.05, 4.69) is 29.3 Å². The number of hydrogen-bond donors (Lipinski definition) is 2. The fraction of sp³-hybridized carbons (Fsp3) is 0.458. The fourth-order valence-electron chi connectivity index (χ4n) is 4.10. The van der Waals surface area contributed by atoms with Crippen molar-refractivity contribution in [3.05, 3.63) is 64.7 Å². The number of phenols is 1. The van der Waals surface area contributed by atoms with Crippen LogP contribution >= 0.6 is 0 Å².